The minimum atomic E-state index is -0.596. The summed E-state index contributed by atoms with van der Waals surface area (Å²) in [6.07, 6.45) is 0. The molecule has 0 aromatic heterocycles. The number of phenolic OH excluding ortho intramolecular Hbond substituents is 1. The summed E-state index contributed by atoms with van der Waals surface area (Å²) in [6, 6.07) is 5.22. The molecule has 0 bridgehead atoms. The Bertz CT molecular complexity index is 331. The Balaban J connectivity index is 2.42. The molecule has 0 saturated heterocycles. The zero-order chi connectivity index (χ0) is 9.47. The third-order valence-electron chi connectivity index (χ3n) is 2.03. The Morgan fingerprint density at radius 3 is 2.92 bits per heavy atom. The lowest BCUT2D eigenvalue weighted by Crippen LogP contribution is -2.35. The molecule has 0 amide bonds. The van der Waals surface area contributed by atoms with Crippen molar-refractivity contribution in [2.75, 3.05) is 0 Å². The van der Waals surface area contributed by atoms with Crippen LogP contribution < -0.4 is 4.74 Å². The van der Waals surface area contributed by atoms with E-state index in [1.807, 2.05) is 19.9 Å². The highest BCUT2D eigenvalue weighted by Crippen LogP contribution is 2.35. The number of rotatable bonds is 0. The summed E-state index contributed by atoms with van der Waals surface area (Å²) in [5.41, 5.74) is 0.724. The molecule has 2 rings (SSSR count). The van der Waals surface area contributed by atoms with Gasteiger partial charge in [-0.05, 0) is 12.1 Å². The standard InChI is InChI=1S/C10H12O3/c1-10(2)12-6-7-8(11)4-3-5-9(7)13-10/h3-5,11H,6H2,1-2H3. The SMILES string of the molecule is CC1(C)OCc2c(O)cccc2O1. The van der Waals surface area contributed by atoms with Gasteiger partial charge in [0.1, 0.15) is 11.5 Å². The van der Waals surface area contributed by atoms with Gasteiger partial charge in [-0.1, -0.05) is 6.07 Å². The van der Waals surface area contributed by atoms with E-state index in [2.05, 4.69) is 0 Å². The van der Waals surface area contributed by atoms with Crippen molar-refractivity contribution in [2.45, 2.75) is 26.2 Å². The highest BCUT2D eigenvalue weighted by molar-refractivity contribution is 5.44. The van der Waals surface area contributed by atoms with Crippen LogP contribution in [0, 0.1) is 0 Å². The number of hydrogen-bond acceptors (Lipinski definition) is 3. The number of fused-ring (bicyclic) bond motifs is 1. The van der Waals surface area contributed by atoms with E-state index in [1.54, 1.807) is 12.1 Å². The summed E-state index contributed by atoms with van der Waals surface area (Å²) in [6.45, 7) is 4.09. The highest BCUT2D eigenvalue weighted by atomic mass is 16.7. The molecule has 0 spiro atoms. The first-order valence-electron chi connectivity index (χ1n) is 4.22. The lowest BCUT2D eigenvalue weighted by molar-refractivity contribution is -0.180. The fourth-order valence-corrected chi connectivity index (χ4v) is 1.33. The average Bonchev–Trinajstić information content (AvgIpc) is 2.02. The normalized spacial score (nSPS) is 18.9. The largest absolute Gasteiger partial charge is 0.507 e. The van der Waals surface area contributed by atoms with Crippen molar-refractivity contribution in [1.29, 1.82) is 0 Å². The molecule has 1 heterocycles. The van der Waals surface area contributed by atoms with Crippen LogP contribution in [-0.4, -0.2) is 10.9 Å². The Morgan fingerprint density at radius 1 is 1.38 bits per heavy atom. The molecule has 3 nitrogen and oxygen atoms in total. The summed E-state index contributed by atoms with van der Waals surface area (Å²) < 4.78 is 10.9. The van der Waals surface area contributed by atoms with Crippen LogP contribution in [0.25, 0.3) is 0 Å². The first-order chi connectivity index (χ1) is 6.08. The van der Waals surface area contributed by atoms with Gasteiger partial charge in [0, 0.05) is 13.8 Å². The maximum Gasteiger partial charge on any atom is 0.205 e. The molecule has 1 N–H and O–H groups in total. The summed E-state index contributed by atoms with van der Waals surface area (Å²) in [7, 11) is 0. The van der Waals surface area contributed by atoms with Gasteiger partial charge in [-0.15, -0.1) is 0 Å². The lowest BCUT2D eigenvalue weighted by atomic mass is 10.1. The van der Waals surface area contributed by atoms with Crippen LogP contribution in [0.1, 0.15) is 19.4 Å². The maximum atomic E-state index is 9.47. The van der Waals surface area contributed by atoms with Crippen LogP contribution in [0.2, 0.25) is 0 Å². The number of benzene rings is 1. The summed E-state index contributed by atoms with van der Waals surface area (Å²) in [4.78, 5) is 0. The van der Waals surface area contributed by atoms with Gasteiger partial charge in [0.25, 0.3) is 0 Å². The Morgan fingerprint density at radius 2 is 2.15 bits per heavy atom. The number of ether oxygens (including phenoxy) is 2. The van der Waals surface area contributed by atoms with E-state index in [0.717, 1.165) is 5.56 Å². The fourth-order valence-electron chi connectivity index (χ4n) is 1.33. The van der Waals surface area contributed by atoms with Crippen molar-refractivity contribution in [2.24, 2.45) is 0 Å². The van der Waals surface area contributed by atoms with Crippen LogP contribution in [0.15, 0.2) is 18.2 Å². The van der Waals surface area contributed by atoms with E-state index in [1.165, 1.54) is 0 Å². The molecule has 13 heavy (non-hydrogen) atoms. The predicted molar refractivity (Wildman–Crippen MR) is 47.6 cm³/mol. The second kappa shape index (κ2) is 2.64. The average molecular weight is 180 g/mol. The number of aromatic hydroxyl groups is 1. The van der Waals surface area contributed by atoms with Gasteiger partial charge < -0.3 is 14.6 Å². The minimum Gasteiger partial charge on any atom is -0.507 e. The Hall–Kier alpha value is -1.22. The Kier molecular flexibility index (Phi) is 1.70. The highest BCUT2D eigenvalue weighted by Gasteiger charge is 2.28. The quantitative estimate of drug-likeness (QED) is 0.664. The topological polar surface area (TPSA) is 38.7 Å². The van der Waals surface area contributed by atoms with Crippen molar-refractivity contribution in [3.8, 4) is 11.5 Å². The van der Waals surface area contributed by atoms with Crippen molar-refractivity contribution in [3.63, 3.8) is 0 Å². The van der Waals surface area contributed by atoms with Gasteiger partial charge in [0.05, 0.1) is 12.2 Å². The van der Waals surface area contributed by atoms with E-state index in [9.17, 15) is 5.11 Å². The van der Waals surface area contributed by atoms with Crippen molar-refractivity contribution in [1.82, 2.24) is 0 Å². The van der Waals surface area contributed by atoms with E-state index >= 15 is 0 Å². The predicted octanol–water partition coefficient (Wildman–Crippen LogP) is 2.04. The van der Waals surface area contributed by atoms with Crippen molar-refractivity contribution < 1.29 is 14.6 Å². The molecule has 1 aromatic carbocycles. The molecule has 1 aliphatic heterocycles. The summed E-state index contributed by atoms with van der Waals surface area (Å²) in [5, 5.41) is 9.47. The monoisotopic (exact) mass is 180 g/mol. The van der Waals surface area contributed by atoms with E-state index in [0.29, 0.717) is 12.4 Å². The molecule has 0 atom stereocenters. The van der Waals surface area contributed by atoms with Crippen molar-refractivity contribution >= 4 is 0 Å². The Labute approximate surface area is 76.9 Å². The molecule has 0 saturated carbocycles. The first kappa shape index (κ1) is 8.38. The molecule has 0 unspecified atom stereocenters. The van der Waals surface area contributed by atoms with Crippen LogP contribution >= 0.6 is 0 Å². The first-order valence-corrected chi connectivity index (χ1v) is 4.22. The molecule has 70 valence electrons. The smallest absolute Gasteiger partial charge is 0.205 e. The van der Waals surface area contributed by atoms with E-state index < -0.39 is 5.79 Å². The molecular weight excluding hydrogens is 168 g/mol. The third-order valence-corrected chi connectivity index (χ3v) is 2.03. The lowest BCUT2D eigenvalue weighted by Gasteiger charge is -2.32. The van der Waals surface area contributed by atoms with Crippen LogP contribution in [-0.2, 0) is 11.3 Å². The van der Waals surface area contributed by atoms with Gasteiger partial charge >= 0.3 is 0 Å². The molecule has 0 radical (unpaired) electrons. The van der Waals surface area contributed by atoms with Gasteiger partial charge in [0.15, 0.2) is 0 Å². The second-order valence-corrected chi connectivity index (χ2v) is 3.54. The number of hydrogen-bond donors (Lipinski definition) is 1. The van der Waals surface area contributed by atoms with Gasteiger partial charge in [-0.2, -0.15) is 0 Å². The van der Waals surface area contributed by atoms with Gasteiger partial charge in [0.2, 0.25) is 5.79 Å². The summed E-state index contributed by atoms with van der Waals surface area (Å²) in [5.74, 6) is 0.338. The maximum absolute atomic E-state index is 9.47. The van der Waals surface area contributed by atoms with E-state index in [4.69, 9.17) is 9.47 Å². The third kappa shape index (κ3) is 1.47. The molecule has 0 aliphatic carbocycles. The van der Waals surface area contributed by atoms with Gasteiger partial charge in [-0.25, -0.2) is 0 Å². The zero-order valence-corrected chi connectivity index (χ0v) is 7.70. The van der Waals surface area contributed by atoms with E-state index in [-0.39, 0.29) is 5.75 Å². The molecule has 3 heteroatoms. The number of phenols is 1. The van der Waals surface area contributed by atoms with Crippen LogP contribution in [0.3, 0.4) is 0 Å². The van der Waals surface area contributed by atoms with Crippen LogP contribution in [0.5, 0.6) is 11.5 Å². The molecule has 0 fully saturated rings. The van der Waals surface area contributed by atoms with Gasteiger partial charge in [-0.3, -0.25) is 0 Å². The van der Waals surface area contributed by atoms with Crippen LogP contribution in [0.4, 0.5) is 0 Å². The minimum absolute atomic E-state index is 0.230. The molecule has 1 aliphatic rings. The molecule has 1 aromatic rings. The second-order valence-electron chi connectivity index (χ2n) is 3.54. The zero-order valence-electron chi connectivity index (χ0n) is 7.70. The summed E-state index contributed by atoms with van der Waals surface area (Å²) >= 11 is 0. The van der Waals surface area contributed by atoms with Crippen molar-refractivity contribution in [3.05, 3.63) is 23.8 Å². The fraction of sp³-hybridized carbons (Fsp3) is 0.400. The molecular formula is C10H12O3.